The largest absolute Gasteiger partial charge is 0.490 e. The van der Waals surface area contributed by atoms with Crippen LogP contribution in [0.4, 0.5) is 17.1 Å². The fourth-order valence-electron chi connectivity index (χ4n) is 5.72. The molecule has 2 aliphatic rings. The van der Waals surface area contributed by atoms with Crippen LogP contribution >= 0.6 is 23.4 Å². The number of rotatable bonds is 9. The normalized spacial score (nSPS) is 16.4. The molecule has 2 fully saturated rings. The molecule has 2 aromatic heterocycles. The van der Waals surface area contributed by atoms with Gasteiger partial charge in [0.15, 0.2) is 5.16 Å². The van der Waals surface area contributed by atoms with Crippen LogP contribution in [0.25, 0.3) is 10.9 Å². The zero-order valence-electron chi connectivity index (χ0n) is 24.7. The zero-order chi connectivity index (χ0) is 29.8. The SMILES string of the molecule is CN1CCCN(c2cc3ncc(C#N)c(Nc4ccc(Sc5nccn5C)c(Cl)c4)c3cc2OCCN2CCCC2)CC1. The van der Waals surface area contributed by atoms with Crippen molar-refractivity contribution in [1.82, 2.24) is 24.3 Å². The summed E-state index contributed by atoms with van der Waals surface area (Å²) in [5.41, 5.74) is 3.82. The molecule has 2 saturated heterocycles. The summed E-state index contributed by atoms with van der Waals surface area (Å²) in [4.78, 5) is 17.3. The van der Waals surface area contributed by atoms with Crippen molar-refractivity contribution in [2.45, 2.75) is 29.3 Å². The summed E-state index contributed by atoms with van der Waals surface area (Å²) in [6.07, 6.45) is 8.92. The van der Waals surface area contributed by atoms with Crippen LogP contribution in [-0.2, 0) is 7.05 Å². The Hall–Kier alpha value is -3.49. The third-order valence-electron chi connectivity index (χ3n) is 8.17. The van der Waals surface area contributed by atoms with Crippen LogP contribution in [0.1, 0.15) is 24.8 Å². The van der Waals surface area contributed by atoms with Crippen molar-refractivity contribution in [3.05, 3.63) is 59.5 Å². The van der Waals surface area contributed by atoms with Gasteiger partial charge in [0.2, 0.25) is 0 Å². The summed E-state index contributed by atoms with van der Waals surface area (Å²) in [6, 6.07) is 12.3. The molecule has 0 unspecified atom stereocenters. The van der Waals surface area contributed by atoms with Crippen LogP contribution < -0.4 is 15.0 Å². The molecular formula is C32H37ClN8OS. The number of imidazole rings is 1. The van der Waals surface area contributed by atoms with E-state index in [2.05, 4.69) is 50.3 Å². The fraction of sp³-hybridized carbons (Fsp3) is 0.406. The predicted molar refractivity (Wildman–Crippen MR) is 174 cm³/mol. The molecule has 2 aromatic carbocycles. The minimum atomic E-state index is 0.460. The van der Waals surface area contributed by atoms with Crippen molar-refractivity contribution >= 4 is 51.3 Å². The Bertz CT molecular complexity index is 1630. The topological polar surface area (TPSA) is 85.5 Å². The number of anilines is 3. The van der Waals surface area contributed by atoms with Gasteiger partial charge in [0, 0.05) is 67.8 Å². The number of nitriles is 1. The average Bonchev–Trinajstić information content (AvgIpc) is 3.62. The van der Waals surface area contributed by atoms with Crippen LogP contribution in [0.2, 0.25) is 5.02 Å². The Kier molecular flexibility index (Phi) is 9.24. The van der Waals surface area contributed by atoms with E-state index in [1.54, 1.807) is 12.4 Å². The molecule has 0 amide bonds. The van der Waals surface area contributed by atoms with E-state index in [9.17, 15) is 5.26 Å². The average molecular weight is 617 g/mol. The molecule has 2 aliphatic heterocycles. The minimum Gasteiger partial charge on any atom is -0.490 e. The second kappa shape index (κ2) is 13.4. The van der Waals surface area contributed by atoms with Gasteiger partial charge in [0.1, 0.15) is 18.4 Å². The van der Waals surface area contributed by atoms with E-state index in [0.717, 1.165) is 90.3 Å². The van der Waals surface area contributed by atoms with Gasteiger partial charge >= 0.3 is 0 Å². The van der Waals surface area contributed by atoms with Gasteiger partial charge in [-0.2, -0.15) is 5.26 Å². The first-order chi connectivity index (χ1) is 21.0. The second-order valence-electron chi connectivity index (χ2n) is 11.2. The quantitative estimate of drug-likeness (QED) is 0.243. The number of likely N-dealkylation sites (tertiary alicyclic amines) is 1. The number of hydrogen-bond donors (Lipinski definition) is 1. The molecule has 0 bridgehead atoms. The third kappa shape index (κ3) is 6.86. The number of halogens is 1. The molecule has 0 atom stereocenters. The van der Waals surface area contributed by atoms with Gasteiger partial charge in [-0.1, -0.05) is 23.4 Å². The molecule has 4 heterocycles. The van der Waals surface area contributed by atoms with Crippen molar-refractivity contribution in [3.63, 3.8) is 0 Å². The molecule has 1 N–H and O–H groups in total. The van der Waals surface area contributed by atoms with E-state index in [4.69, 9.17) is 21.3 Å². The maximum Gasteiger partial charge on any atom is 0.172 e. The van der Waals surface area contributed by atoms with Gasteiger partial charge in [-0.05, 0) is 76.3 Å². The summed E-state index contributed by atoms with van der Waals surface area (Å²) < 4.78 is 8.49. The van der Waals surface area contributed by atoms with Crippen molar-refractivity contribution in [3.8, 4) is 11.8 Å². The number of aryl methyl sites for hydroxylation is 1. The number of nitrogens with one attached hydrogen (secondary N) is 1. The molecule has 9 nitrogen and oxygen atoms in total. The number of pyridine rings is 1. The summed E-state index contributed by atoms with van der Waals surface area (Å²) in [7, 11) is 4.13. The lowest BCUT2D eigenvalue weighted by molar-refractivity contribution is 0.238. The highest BCUT2D eigenvalue weighted by Gasteiger charge is 2.21. The summed E-state index contributed by atoms with van der Waals surface area (Å²) in [6.45, 7) is 7.75. The summed E-state index contributed by atoms with van der Waals surface area (Å²) in [5, 5.41) is 15.8. The Balaban J connectivity index is 1.33. The van der Waals surface area contributed by atoms with E-state index in [1.165, 1.54) is 24.6 Å². The van der Waals surface area contributed by atoms with E-state index >= 15 is 0 Å². The number of hydrogen-bond acceptors (Lipinski definition) is 9. The van der Waals surface area contributed by atoms with Crippen LogP contribution in [0, 0.1) is 11.3 Å². The smallest absolute Gasteiger partial charge is 0.172 e. The van der Waals surface area contributed by atoms with Crippen molar-refractivity contribution in [2.24, 2.45) is 7.05 Å². The monoisotopic (exact) mass is 616 g/mol. The first kappa shape index (κ1) is 29.6. The molecule has 224 valence electrons. The highest BCUT2D eigenvalue weighted by atomic mass is 35.5. The molecule has 0 saturated carbocycles. The van der Waals surface area contributed by atoms with Gasteiger partial charge in [0.05, 0.1) is 27.5 Å². The summed E-state index contributed by atoms with van der Waals surface area (Å²) in [5.74, 6) is 0.830. The lowest BCUT2D eigenvalue weighted by Gasteiger charge is -2.26. The van der Waals surface area contributed by atoms with Gasteiger partial charge in [-0.3, -0.25) is 9.88 Å². The minimum absolute atomic E-state index is 0.460. The zero-order valence-corrected chi connectivity index (χ0v) is 26.3. The maximum atomic E-state index is 10.1. The van der Waals surface area contributed by atoms with Crippen LogP contribution in [0.15, 0.2) is 59.0 Å². The van der Waals surface area contributed by atoms with E-state index in [1.807, 2.05) is 36.0 Å². The third-order valence-corrected chi connectivity index (χ3v) is 9.75. The molecular weight excluding hydrogens is 580 g/mol. The van der Waals surface area contributed by atoms with Crippen molar-refractivity contribution < 1.29 is 4.74 Å². The predicted octanol–water partition coefficient (Wildman–Crippen LogP) is 6.00. The first-order valence-corrected chi connectivity index (χ1v) is 16.0. The Morgan fingerprint density at radius 2 is 1.88 bits per heavy atom. The highest BCUT2D eigenvalue weighted by molar-refractivity contribution is 7.99. The van der Waals surface area contributed by atoms with Crippen LogP contribution in [0.3, 0.4) is 0 Å². The number of likely N-dealkylation sites (N-methyl/N-ethyl adjacent to an activating group) is 1. The standard InChI is InChI=1S/C32H37ClN8OS/c1-38-9-5-12-41(15-14-38)28-20-27-25(19-29(28)42-17-16-40-10-3-4-11-40)31(23(21-34)22-36-27)37-24-6-7-30(26(33)18-24)43-32-35-8-13-39(32)2/h6-8,13,18-20,22H,3-5,9-12,14-17H2,1-2H3,(H,36,37). The Labute approximate surface area is 262 Å². The highest BCUT2D eigenvalue weighted by Crippen LogP contribution is 2.40. The van der Waals surface area contributed by atoms with Gasteiger partial charge in [0.25, 0.3) is 0 Å². The molecule has 43 heavy (non-hydrogen) atoms. The Morgan fingerprint density at radius 3 is 2.65 bits per heavy atom. The number of benzene rings is 2. The van der Waals surface area contributed by atoms with Crippen molar-refractivity contribution in [2.75, 3.05) is 69.7 Å². The van der Waals surface area contributed by atoms with Gasteiger partial charge < -0.3 is 24.4 Å². The van der Waals surface area contributed by atoms with Crippen molar-refractivity contribution in [1.29, 1.82) is 5.26 Å². The van der Waals surface area contributed by atoms with E-state index in [-0.39, 0.29) is 0 Å². The molecule has 6 rings (SSSR count). The number of nitrogens with zero attached hydrogens (tertiary/aromatic N) is 7. The maximum absolute atomic E-state index is 10.1. The molecule has 0 aliphatic carbocycles. The molecule has 11 heteroatoms. The number of fused-ring (bicyclic) bond motifs is 1. The van der Waals surface area contributed by atoms with Crippen LogP contribution in [-0.4, -0.2) is 83.8 Å². The summed E-state index contributed by atoms with van der Waals surface area (Å²) >= 11 is 8.23. The Morgan fingerprint density at radius 1 is 1.02 bits per heavy atom. The molecule has 0 radical (unpaired) electrons. The lowest BCUT2D eigenvalue weighted by Crippen LogP contribution is -2.29. The van der Waals surface area contributed by atoms with E-state index < -0.39 is 0 Å². The number of aromatic nitrogens is 3. The van der Waals surface area contributed by atoms with Crippen LogP contribution in [0.5, 0.6) is 5.75 Å². The molecule has 0 spiro atoms. The van der Waals surface area contributed by atoms with Gasteiger partial charge in [-0.25, -0.2) is 4.98 Å². The molecule has 4 aromatic rings. The lowest BCUT2D eigenvalue weighted by atomic mass is 10.1. The first-order valence-electron chi connectivity index (χ1n) is 14.9. The second-order valence-corrected chi connectivity index (χ2v) is 12.6. The number of ether oxygens (including phenoxy) is 1. The van der Waals surface area contributed by atoms with E-state index in [0.29, 0.717) is 22.9 Å². The van der Waals surface area contributed by atoms with Gasteiger partial charge in [-0.15, -0.1) is 0 Å². The fourth-order valence-corrected chi connectivity index (χ4v) is 6.83.